The molecule has 1 N–H and O–H groups in total. The Labute approximate surface area is 164 Å². The van der Waals surface area contributed by atoms with E-state index in [0.29, 0.717) is 15.4 Å². The van der Waals surface area contributed by atoms with Crippen LogP contribution in [0.2, 0.25) is 0 Å². The van der Waals surface area contributed by atoms with Crippen LogP contribution in [0.15, 0.2) is 37.3 Å². The van der Waals surface area contributed by atoms with Crippen LogP contribution >= 0.6 is 43.2 Å². The predicted octanol–water partition coefficient (Wildman–Crippen LogP) is 4.45. The van der Waals surface area contributed by atoms with Crippen LogP contribution in [0.5, 0.6) is 5.75 Å². The normalized spacial score (nSPS) is 14.3. The standard InChI is InChI=1S/C17H13Br2N3O2S/c18-10-5-9(15(23)12(19)6-10)7-21-22-8-20-16-14(17(22)24)11-3-1-2-4-13(11)25-16/h5-8,23H,1-4H2/b21-7-. The lowest BCUT2D eigenvalue weighted by Crippen LogP contribution is -2.18. The third-order valence-corrected chi connectivity index (χ3v) is 6.50. The molecular formula is C17H13Br2N3O2S. The molecule has 0 aliphatic heterocycles. The van der Waals surface area contributed by atoms with E-state index in [9.17, 15) is 9.90 Å². The molecule has 3 aromatic rings. The summed E-state index contributed by atoms with van der Waals surface area (Å²) < 4.78 is 2.58. The number of aromatic hydroxyl groups is 1. The Hall–Kier alpha value is -1.51. The van der Waals surface area contributed by atoms with Crippen LogP contribution in [0.3, 0.4) is 0 Å². The molecule has 0 bridgehead atoms. The zero-order chi connectivity index (χ0) is 17.6. The lowest BCUT2D eigenvalue weighted by Gasteiger charge is -2.09. The van der Waals surface area contributed by atoms with Gasteiger partial charge in [-0.15, -0.1) is 11.3 Å². The molecule has 4 rings (SSSR count). The van der Waals surface area contributed by atoms with Crippen molar-refractivity contribution < 1.29 is 5.11 Å². The first-order chi connectivity index (χ1) is 12.0. The zero-order valence-corrected chi connectivity index (χ0v) is 17.0. The van der Waals surface area contributed by atoms with E-state index in [0.717, 1.165) is 34.1 Å². The van der Waals surface area contributed by atoms with Gasteiger partial charge in [0.05, 0.1) is 16.1 Å². The number of phenols is 1. The monoisotopic (exact) mass is 481 g/mol. The summed E-state index contributed by atoms with van der Waals surface area (Å²) in [5.74, 6) is 0.0712. The minimum atomic E-state index is -0.158. The number of halogens is 2. The molecule has 2 heterocycles. The fraction of sp³-hybridized carbons (Fsp3) is 0.235. The quantitative estimate of drug-likeness (QED) is 0.548. The zero-order valence-electron chi connectivity index (χ0n) is 13.0. The van der Waals surface area contributed by atoms with Crippen molar-refractivity contribution in [1.29, 1.82) is 0 Å². The largest absolute Gasteiger partial charge is 0.506 e. The molecule has 1 aromatic carbocycles. The van der Waals surface area contributed by atoms with Gasteiger partial charge in [0.1, 0.15) is 16.9 Å². The van der Waals surface area contributed by atoms with Gasteiger partial charge >= 0.3 is 0 Å². The molecule has 8 heteroatoms. The molecule has 0 radical (unpaired) electrons. The molecule has 0 saturated heterocycles. The third kappa shape index (κ3) is 3.07. The van der Waals surface area contributed by atoms with E-state index in [1.165, 1.54) is 28.5 Å². The SMILES string of the molecule is O=c1c2c3c(sc2ncn1/N=C\c1cc(Br)cc(Br)c1O)CCCC3. The molecule has 5 nitrogen and oxygen atoms in total. The summed E-state index contributed by atoms with van der Waals surface area (Å²) in [6.45, 7) is 0. The Kier molecular flexibility index (Phi) is 4.51. The summed E-state index contributed by atoms with van der Waals surface area (Å²) in [6.07, 6.45) is 7.13. The van der Waals surface area contributed by atoms with Gasteiger partial charge in [-0.3, -0.25) is 4.79 Å². The number of hydrogen-bond donors (Lipinski definition) is 1. The van der Waals surface area contributed by atoms with Gasteiger partial charge in [0, 0.05) is 14.9 Å². The first kappa shape index (κ1) is 16.9. The van der Waals surface area contributed by atoms with E-state index in [2.05, 4.69) is 41.9 Å². The van der Waals surface area contributed by atoms with E-state index < -0.39 is 0 Å². The van der Waals surface area contributed by atoms with Crippen molar-refractivity contribution in [3.05, 3.63) is 53.8 Å². The predicted molar refractivity (Wildman–Crippen MR) is 107 cm³/mol. The molecule has 0 fully saturated rings. The van der Waals surface area contributed by atoms with Crippen molar-refractivity contribution in [1.82, 2.24) is 9.66 Å². The summed E-state index contributed by atoms with van der Waals surface area (Å²) in [5.41, 5.74) is 1.48. The molecule has 0 saturated carbocycles. The van der Waals surface area contributed by atoms with Crippen LogP contribution in [0, 0.1) is 0 Å². The van der Waals surface area contributed by atoms with Gasteiger partial charge in [-0.05, 0) is 59.3 Å². The Bertz CT molecular complexity index is 1070. The fourth-order valence-electron chi connectivity index (χ4n) is 3.03. The average Bonchev–Trinajstić information content (AvgIpc) is 2.97. The molecule has 128 valence electrons. The van der Waals surface area contributed by atoms with Crippen molar-refractivity contribution in [2.24, 2.45) is 5.10 Å². The molecule has 0 atom stereocenters. The van der Waals surface area contributed by atoms with Gasteiger partial charge in [-0.1, -0.05) is 15.9 Å². The van der Waals surface area contributed by atoms with Crippen LogP contribution < -0.4 is 5.56 Å². The highest BCUT2D eigenvalue weighted by Crippen LogP contribution is 2.33. The number of aryl methyl sites for hydroxylation is 2. The van der Waals surface area contributed by atoms with Crippen LogP contribution in [0.4, 0.5) is 0 Å². The van der Waals surface area contributed by atoms with E-state index >= 15 is 0 Å². The van der Waals surface area contributed by atoms with Crippen molar-refractivity contribution >= 4 is 59.6 Å². The van der Waals surface area contributed by atoms with Crippen molar-refractivity contribution in [2.75, 3.05) is 0 Å². The van der Waals surface area contributed by atoms with Gasteiger partial charge in [0.25, 0.3) is 5.56 Å². The summed E-state index contributed by atoms with van der Waals surface area (Å²) in [4.78, 5) is 19.3. The molecule has 0 spiro atoms. The van der Waals surface area contributed by atoms with E-state index in [4.69, 9.17) is 0 Å². The number of aromatic nitrogens is 2. The highest BCUT2D eigenvalue weighted by atomic mass is 79.9. The number of hydrogen-bond acceptors (Lipinski definition) is 5. The van der Waals surface area contributed by atoms with Crippen molar-refractivity contribution in [3.8, 4) is 5.75 Å². The Morgan fingerprint density at radius 3 is 2.92 bits per heavy atom. The number of phenolic OH excluding ortho intramolecular Hbond substituents is 1. The minimum Gasteiger partial charge on any atom is -0.506 e. The molecule has 0 unspecified atom stereocenters. The number of thiophene rings is 1. The van der Waals surface area contributed by atoms with Crippen molar-refractivity contribution in [3.63, 3.8) is 0 Å². The van der Waals surface area contributed by atoms with E-state index in [-0.39, 0.29) is 11.3 Å². The second-order valence-electron chi connectivity index (χ2n) is 5.86. The molecule has 0 amide bonds. The smallest absolute Gasteiger partial charge is 0.282 e. The van der Waals surface area contributed by atoms with E-state index in [1.54, 1.807) is 23.5 Å². The number of rotatable bonds is 2. The second-order valence-corrected chi connectivity index (χ2v) is 8.71. The van der Waals surface area contributed by atoms with Gasteiger partial charge in [0.2, 0.25) is 0 Å². The average molecular weight is 483 g/mol. The van der Waals surface area contributed by atoms with Gasteiger partial charge in [0.15, 0.2) is 0 Å². The number of benzene rings is 1. The Morgan fingerprint density at radius 1 is 1.28 bits per heavy atom. The molecular weight excluding hydrogens is 470 g/mol. The van der Waals surface area contributed by atoms with Crippen LogP contribution in [0.1, 0.15) is 28.8 Å². The van der Waals surface area contributed by atoms with E-state index in [1.807, 2.05) is 0 Å². The second kappa shape index (κ2) is 6.66. The highest BCUT2D eigenvalue weighted by Gasteiger charge is 2.19. The van der Waals surface area contributed by atoms with Gasteiger partial charge in [-0.25, -0.2) is 4.98 Å². The van der Waals surface area contributed by atoms with Crippen LogP contribution in [0.25, 0.3) is 10.2 Å². The topological polar surface area (TPSA) is 67.5 Å². The Morgan fingerprint density at radius 2 is 2.08 bits per heavy atom. The molecule has 1 aliphatic rings. The summed E-state index contributed by atoms with van der Waals surface area (Å²) >= 11 is 8.27. The van der Waals surface area contributed by atoms with Crippen LogP contribution in [-0.4, -0.2) is 21.0 Å². The number of fused-ring (bicyclic) bond motifs is 3. The highest BCUT2D eigenvalue weighted by molar-refractivity contribution is 9.11. The Balaban J connectivity index is 1.80. The lowest BCUT2D eigenvalue weighted by atomic mass is 9.97. The maximum atomic E-state index is 12.8. The molecule has 2 aromatic heterocycles. The first-order valence-electron chi connectivity index (χ1n) is 7.79. The lowest BCUT2D eigenvalue weighted by molar-refractivity contribution is 0.471. The summed E-state index contributed by atoms with van der Waals surface area (Å²) in [5, 5.41) is 15.0. The maximum Gasteiger partial charge on any atom is 0.282 e. The molecule has 1 aliphatic carbocycles. The first-order valence-corrected chi connectivity index (χ1v) is 10.2. The number of nitrogens with zero attached hydrogens (tertiary/aromatic N) is 3. The van der Waals surface area contributed by atoms with Crippen LogP contribution in [-0.2, 0) is 12.8 Å². The molecule has 25 heavy (non-hydrogen) atoms. The minimum absolute atomic E-state index is 0.0712. The van der Waals surface area contributed by atoms with Gasteiger partial charge < -0.3 is 5.11 Å². The summed E-state index contributed by atoms with van der Waals surface area (Å²) in [6, 6.07) is 3.47. The van der Waals surface area contributed by atoms with Crippen molar-refractivity contribution in [2.45, 2.75) is 25.7 Å². The maximum absolute atomic E-state index is 12.8. The third-order valence-electron chi connectivity index (χ3n) is 4.24. The summed E-state index contributed by atoms with van der Waals surface area (Å²) in [7, 11) is 0. The van der Waals surface area contributed by atoms with Gasteiger partial charge in [-0.2, -0.15) is 9.78 Å². The fourth-order valence-corrected chi connectivity index (χ4v) is 5.51.